The number of nitrogens with zero attached hydrogens (tertiary/aromatic N) is 4. The molecule has 26 heavy (non-hydrogen) atoms. The molecule has 3 aromatic rings. The van der Waals surface area contributed by atoms with Crippen molar-refractivity contribution in [2.75, 3.05) is 14.2 Å². The van der Waals surface area contributed by atoms with Gasteiger partial charge in [-0.3, -0.25) is 9.19 Å². The van der Waals surface area contributed by atoms with Crippen LogP contribution in [0.15, 0.2) is 34.8 Å². The van der Waals surface area contributed by atoms with Crippen LogP contribution < -0.4 is 9.47 Å². The number of hydrogen-bond acceptors (Lipinski definition) is 7. The lowest BCUT2D eigenvalue weighted by atomic mass is 10.1. The van der Waals surface area contributed by atoms with Gasteiger partial charge in [0, 0.05) is 23.4 Å². The first-order valence-corrected chi connectivity index (χ1v) is 9.09. The number of fused-ring (bicyclic) bond motifs is 1. The molecule has 0 fully saturated rings. The minimum Gasteiger partial charge on any atom is -0.497 e. The van der Waals surface area contributed by atoms with Crippen molar-refractivity contribution in [1.29, 1.82) is 0 Å². The van der Waals surface area contributed by atoms with Crippen molar-refractivity contribution in [3.63, 3.8) is 0 Å². The lowest BCUT2D eigenvalue weighted by Gasteiger charge is -2.11. The normalized spacial score (nSPS) is 12.2. The maximum absolute atomic E-state index is 12.9. The van der Waals surface area contributed by atoms with E-state index in [0.29, 0.717) is 28.2 Å². The fourth-order valence-corrected chi connectivity index (χ4v) is 3.98. The van der Waals surface area contributed by atoms with E-state index in [4.69, 9.17) is 9.47 Å². The van der Waals surface area contributed by atoms with E-state index in [1.54, 1.807) is 31.5 Å². The van der Waals surface area contributed by atoms with Gasteiger partial charge in [-0.1, -0.05) is 0 Å². The molecule has 0 aliphatic heterocycles. The molecule has 0 aliphatic carbocycles. The standard InChI is InChI=1S/C17H18N4O4S/c1-10-8-18-14(11(2)16(10)25-4)9-26(23)17-19-13-7-12(24-3)5-6-15(13)21(17)20-22/h5-8H,9H2,1-4H3. The highest BCUT2D eigenvalue weighted by atomic mass is 32.2. The van der Waals surface area contributed by atoms with E-state index >= 15 is 0 Å². The number of methoxy groups -OCH3 is 2. The van der Waals surface area contributed by atoms with Crippen LogP contribution in [-0.4, -0.2) is 33.1 Å². The molecule has 3 rings (SSSR count). The van der Waals surface area contributed by atoms with E-state index in [9.17, 15) is 9.12 Å². The molecule has 0 saturated carbocycles. The summed E-state index contributed by atoms with van der Waals surface area (Å²) in [6, 6.07) is 5.01. The van der Waals surface area contributed by atoms with E-state index in [2.05, 4.69) is 15.3 Å². The highest BCUT2D eigenvalue weighted by Crippen LogP contribution is 2.27. The molecule has 0 aliphatic rings. The second-order valence-electron chi connectivity index (χ2n) is 5.68. The molecule has 136 valence electrons. The van der Waals surface area contributed by atoms with Crippen molar-refractivity contribution in [3.8, 4) is 11.5 Å². The Hall–Kier alpha value is -2.81. The van der Waals surface area contributed by atoms with E-state index < -0.39 is 10.8 Å². The lowest BCUT2D eigenvalue weighted by Crippen LogP contribution is -2.07. The molecular formula is C17H18N4O4S. The lowest BCUT2D eigenvalue weighted by molar-refractivity contribution is 0.407. The molecule has 2 heterocycles. The average molecular weight is 374 g/mol. The Morgan fingerprint density at radius 3 is 2.65 bits per heavy atom. The fraction of sp³-hybridized carbons (Fsp3) is 0.294. The molecule has 2 aromatic heterocycles. The molecule has 0 radical (unpaired) electrons. The SMILES string of the molecule is COc1ccc2c(c1)nc(S(=O)Cc1ncc(C)c(OC)c1C)n2N=O. The Balaban J connectivity index is 2.02. The Kier molecular flexibility index (Phi) is 4.99. The molecule has 1 atom stereocenters. The van der Waals surface area contributed by atoms with Gasteiger partial charge in [-0.15, -0.1) is 4.91 Å². The minimum absolute atomic E-state index is 0.0731. The van der Waals surface area contributed by atoms with Gasteiger partial charge in [-0.05, 0) is 26.0 Å². The average Bonchev–Trinajstić information content (AvgIpc) is 3.02. The molecular weight excluding hydrogens is 356 g/mol. The molecule has 8 nitrogen and oxygen atoms in total. The molecule has 0 amide bonds. The summed E-state index contributed by atoms with van der Waals surface area (Å²) in [6.45, 7) is 3.75. The number of aromatic nitrogens is 3. The third-order valence-electron chi connectivity index (χ3n) is 4.11. The molecule has 0 spiro atoms. The van der Waals surface area contributed by atoms with E-state index in [1.807, 2.05) is 13.8 Å². The van der Waals surface area contributed by atoms with Crippen LogP contribution in [-0.2, 0) is 16.6 Å². The Labute approximate surface area is 152 Å². The maximum atomic E-state index is 12.9. The van der Waals surface area contributed by atoms with Crippen molar-refractivity contribution < 1.29 is 13.7 Å². The topological polar surface area (TPSA) is 95.7 Å². The van der Waals surface area contributed by atoms with Gasteiger partial charge in [0.1, 0.15) is 11.5 Å². The van der Waals surface area contributed by atoms with E-state index in [1.165, 1.54) is 7.11 Å². The molecule has 0 saturated heterocycles. The number of pyridine rings is 1. The van der Waals surface area contributed by atoms with Crippen molar-refractivity contribution in [2.45, 2.75) is 24.8 Å². The number of hydrogen-bond donors (Lipinski definition) is 0. The van der Waals surface area contributed by atoms with Crippen molar-refractivity contribution in [1.82, 2.24) is 14.6 Å². The summed E-state index contributed by atoms with van der Waals surface area (Å²) >= 11 is 0. The van der Waals surface area contributed by atoms with Crippen LogP contribution in [0, 0.1) is 18.8 Å². The Bertz CT molecular complexity index is 1020. The van der Waals surface area contributed by atoms with Crippen molar-refractivity contribution in [2.24, 2.45) is 5.29 Å². The van der Waals surface area contributed by atoms with Gasteiger partial charge in [0.2, 0.25) is 5.16 Å². The van der Waals surface area contributed by atoms with Crippen LogP contribution in [0.1, 0.15) is 16.8 Å². The largest absolute Gasteiger partial charge is 0.497 e. The van der Waals surface area contributed by atoms with Gasteiger partial charge in [0.25, 0.3) is 0 Å². The predicted octanol–water partition coefficient (Wildman–Crippen LogP) is 2.90. The van der Waals surface area contributed by atoms with Gasteiger partial charge in [-0.2, -0.15) is 4.68 Å². The monoisotopic (exact) mass is 374 g/mol. The summed E-state index contributed by atoms with van der Waals surface area (Å²) in [5, 5.41) is 3.05. The van der Waals surface area contributed by atoms with Gasteiger partial charge in [0.05, 0.1) is 52.8 Å². The van der Waals surface area contributed by atoms with Crippen LogP contribution in [0.2, 0.25) is 0 Å². The smallest absolute Gasteiger partial charge is 0.223 e. The van der Waals surface area contributed by atoms with Gasteiger partial charge < -0.3 is 9.47 Å². The first kappa shape index (κ1) is 18.0. The molecule has 1 aromatic carbocycles. The summed E-state index contributed by atoms with van der Waals surface area (Å²) in [6.07, 6.45) is 1.67. The summed E-state index contributed by atoms with van der Waals surface area (Å²) in [5.41, 5.74) is 3.28. The summed E-state index contributed by atoms with van der Waals surface area (Å²) < 4.78 is 24.5. The Morgan fingerprint density at radius 2 is 2.00 bits per heavy atom. The van der Waals surface area contributed by atoms with Crippen molar-refractivity contribution in [3.05, 3.63) is 46.1 Å². The highest BCUT2D eigenvalue weighted by molar-refractivity contribution is 7.84. The zero-order chi connectivity index (χ0) is 18.8. The zero-order valence-corrected chi connectivity index (χ0v) is 15.7. The number of ether oxygens (including phenoxy) is 2. The van der Waals surface area contributed by atoms with E-state index in [0.717, 1.165) is 15.8 Å². The van der Waals surface area contributed by atoms with Gasteiger partial charge >= 0.3 is 0 Å². The third kappa shape index (κ3) is 3.05. The first-order valence-electron chi connectivity index (χ1n) is 7.77. The highest BCUT2D eigenvalue weighted by Gasteiger charge is 2.20. The fourth-order valence-electron chi connectivity index (χ4n) is 2.78. The summed E-state index contributed by atoms with van der Waals surface area (Å²) in [4.78, 5) is 20.0. The number of rotatable bonds is 6. The number of aryl methyl sites for hydroxylation is 1. The second-order valence-corrected chi connectivity index (χ2v) is 7.02. The van der Waals surface area contributed by atoms with E-state index in [-0.39, 0.29) is 10.9 Å². The maximum Gasteiger partial charge on any atom is 0.223 e. The zero-order valence-electron chi connectivity index (χ0n) is 14.8. The summed E-state index contributed by atoms with van der Waals surface area (Å²) in [7, 11) is 1.50. The van der Waals surface area contributed by atoms with Crippen molar-refractivity contribution >= 4 is 21.8 Å². The second kappa shape index (κ2) is 7.20. The molecule has 0 N–H and O–H groups in total. The van der Waals surface area contributed by atoms with Gasteiger partial charge in [-0.25, -0.2) is 4.98 Å². The number of nitroso groups, excluding NO2 is 1. The van der Waals surface area contributed by atoms with Crippen LogP contribution in [0.5, 0.6) is 11.5 Å². The number of imidazole rings is 1. The predicted molar refractivity (Wildman–Crippen MR) is 97.9 cm³/mol. The third-order valence-corrected chi connectivity index (χ3v) is 5.32. The van der Waals surface area contributed by atoms with Crippen LogP contribution in [0.3, 0.4) is 0 Å². The van der Waals surface area contributed by atoms with Crippen LogP contribution in [0.4, 0.5) is 0 Å². The Morgan fingerprint density at radius 1 is 1.23 bits per heavy atom. The first-order chi connectivity index (χ1) is 12.5. The summed E-state index contributed by atoms with van der Waals surface area (Å²) in [5.74, 6) is 1.39. The quantitative estimate of drug-likeness (QED) is 0.616. The minimum atomic E-state index is -1.61. The van der Waals surface area contributed by atoms with Gasteiger partial charge in [0.15, 0.2) is 0 Å². The molecule has 9 heteroatoms. The molecule has 1 unspecified atom stereocenters. The van der Waals surface area contributed by atoms with Crippen LogP contribution >= 0.6 is 0 Å². The molecule has 0 bridgehead atoms. The number of benzene rings is 1. The van der Waals surface area contributed by atoms with Crippen LogP contribution in [0.25, 0.3) is 11.0 Å².